The Labute approximate surface area is 115 Å². The molecule has 1 aliphatic rings. The van der Waals surface area contributed by atoms with Crippen molar-refractivity contribution in [1.29, 1.82) is 0 Å². The van der Waals surface area contributed by atoms with E-state index in [1.807, 2.05) is 0 Å². The Bertz CT molecular complexity index is 810. The molecular formula is C12H11N3O4S. The van der Waals surface area contributed by atoms with Crippen molar-refractivity contribution in [3.05, 3.63) is 42.0 Å². The van der Waals surface area contributed by atoms with Gasteiger partial charge in [-0.15, -0.1) is 0 Å². The predicted molar refractivity (Wildman–Crippen MR) is 69.2 cm³/mol. The fourth-order valence-corrected chi connectivity index (χ4v) is 3.56. The zero-order valence-electron chi connectivity index (χ0n) is 10.5. The first-order chi connectivity index (χ1) is 9.43. The van der Waals surface area contributed by atoms with Crippen LogP contribution in [0, 0.1) is 0 Å². The van der Waals surface area contributed by atoms with Crippen molar-refractivity contribution in [3.63, 3.8) is 0 Å². The van der Waals surface area contributed by atoms with Gasteiger partial charge in [-0.2, -0.15) is 4.31 Å². The number of carboxylic acids is 1. The lowest BCUT2D eigenvalue weighted by Gasteiger charge is -2.14. The molecule has 0 aliphatic carbocycles. The largest absolute Gasteiger partial charge is 0.476 e. The predicted octanol–water partition coefficient (Wildman–Crippen LogP) is 0.705. The van der Waals surface area contributed by atoms with Gasteiger partial charge in [-0.3, -0.25) is 4.57 Å². The van der Waals surface area contributed by atoms with E-state index >= 15 is 0 Å². The molecule has 2 heterocycles. The summed E-state index contributed by atoms with van der Waals surface area (Å²) < 4.78 is 27.5. The van der Waals surface area contributed by atoms with Crippen LogP contribution in [0.1, 0.15) is 16.2 Å². The van der Waals surface area contributed by atoms with E-state index in [1.165, 1.54) is 24.0 Å². The highest BCUT2D eigenvalue weighted by atomic mass is 32.2. The molecule has 0 saturated heterocycles. The molecule has 8 heteroatoms. The number of aromatic nitrogens is 2. The van der Waals surface area contributed by atoms with Crippen LogP contribution in [-0.2, 0) is 16.6 Å². The molecule has 0 unspecified atom stereocenters. The third kappa shape index (κ3) is 1.65. The second kappa shape index (κ2) is 4.15. The molecule has 3 rings (SSSR count). The van der Waals surface area contributed by atoms with Gasteiger partial charge in [0.2, 0.25) is 10.0 Å². The number of imidazole rings is 1. The van der Waals surface area contributed by atoms with Crippen LogP contribution in [0.25, 0.3) is 5.69 Å². The third-order valence-electron chi connectivity index (χ3n) is 3.25. The molecule has 20 heavy (non-hydrogen) atoms. The zero-order valence-corrected chi connectivity index (χ0v) is 11.3. The number of nitrogens with zero attached hydrogens (tertiary/aromatic N) is 3. The maximum absolute atomic E-state index is 12.4. The minimum atomic E-state index is -3.65. The molecular weight excluding hydrogens is 282 g/mol. The summed E-state index contributed by atoms with van der Waals surface area (Å²) >= 11 is 0. The Morgan fingerprint density at radius 2 is 2.05 bits per heavy atom. The van der Waals surface area contributed by atoms with Gasteiger partial charge in [-0.1, -0.05) is 12.1 Å². The summed E-state index contributed by atoms with van der Waals surface area (Å²) in [5, 5.41) is 9.14. The molecule has 2 aromatic rings. The Hall–Kier alpha value is -2.19. The van der Waals surface area contributed by atoms with E-state index in [9.17, 15) is 13.2 Å². The highest BCUT2D eigenvalue weighted by Gasteiger charge is 2.32. The van der Waals surface area contributed by atoms with Gasteiger partial charge in [0.25, 0.3) is 0 Å². The van der Waals surface area contributed by atoms with Gasteiger partial charge in [0, 0.05) is 7.05 Å². The monoisotopic (exact) mass is 293 g/mol. The minimum absolute atomic E-state index is 0.0430. The van der Waals surface area contributed by atoms with E-state index < -0.39 is 16.0 Å². The Kier molecular flexibility index (Phi) is 2.66. The second-order valence-electron chi connectivity index (χ2n) is 4.44. The van der Waals surface area contributed by atoms with Crippen LogP contribution >= 0.6 is 0 Å². The van der Waals surface area contributed by atoms with E-state index in [0.717, 1.165) is 4.31 Å². The maximum atomic E-state index is 12.4. The average molecular weight is 293 g/mol. The number of hydrogen-bond donors (Lipinski definition) is 1. The van der Waals surface area contributed by atoms with Gasteiger partial charge in [0.1, 0.15) is 11.2 Å². The molecule has 1 aromatic heterocycles. The van der Waals surface area contributed by atoms with Gasteiger partial charge in [0.15, 0.2) is 5.69 Å². The zero-order chi connectivity index (χ0) is 14.5. The standard InChI is InChI=1S/C12H11N3O4S/c1-14-6-9-11(12(16)17)13-7-15(9)8-4-2-3-5-10(8)20(14,18)19/h2-5,7H,6H2,1H3,(H,16,17). The van der Waals surface area contributed by atoms with E-state index in [4.69, 9.17) is 5.11 Å². The molecule has 0 saturated carbocycles. The summed E-state index contributed by atoms with van der Waals surface area (Å²) in [5.41, 5.74) is 0.615. The van der Waals surface area contributed by atoms with Crippen molar-refractivity contribution in [2.45, 2.75) is 11.4 Å². The lowest BCUT2D eigenvalue weighted by atomic mass is 10.2. The number of benzene rings is 1. The van der Waals surface area contributed by atoms with Crippen LogP contribution in [0.3, 0.4) is 0 Å². The molecule has 1 N–H and O–H groups in total. The molecule has 0 atom stereocenters. The summed E-state index contributed by atoms with van der Waals surface area (Å²) in [6.07, 6.45) is 1.34. The van der Waals surface area contributed by atoms with Crippen molar-refractivity contribution in [1.82, 2.24) is 13.9 Å². The Balaban J connectivity index is 2.38. The summed E-state index contributed by atoms with van der Waals surface area (Å²) in [5.74, 6) is -1.18. The SMILES string of the molecule is CN1Cc2c(C(=O)O)ncn2-c2ccccc2S1(=O)=O. The van der Waals surface area contributed by atoms with Crippen LogP contribution in [0.2, 0.25) is 0 Å². The van der Waals surface area contributed by atoms with Gasteiger partial charge in [-0.25, -0.2) is 18.2 Å². The number of aromatic carboxylic acids is 1. The van der Waals surface area contributed by atoms with Gasteiger partial charge < -0.3 is 5.11 Å². The number of carboxylic acid groups (broad SMARTS) is 1. The van der Waals surface area contributed by atoms with Crippen LogP contribution < -0.4 is 0 Å². The second-order valence-corrected chi connectivity index (χ2v) is 6.46. The van der Waals surface area contributed by atoms with E-state index in [0.29, 0.717) is 11.4 Å². The fraction of sp³-hybridized carbons (Fsp3) is 0.167. The number of rotatable bonds is 1. The van der Waals surface area contributed by atoms with Crippen LogP contribution in [0.4, 0.5) is 0 Å². The quantitative estimate of drug-likeness (QED) is 0.835. The molecule has 1 aromatic carbocycles. The van der Waals surface area contributed by atoms with Crippen molar-refractivity contribution in [2.24, 2.45) is 0 Å². The van der Waals surface area contributed by atoms with Crippen LogP contribution in [0.5, 0.6) is 0 Å². The number of para-hydroxylation sites is 1. The molecule has 0 spiro atoms. The summed E-state index contributed by atoms with van der Waals surface area (Å²) in [7, 11) is -2.23. The van der Waals surface area contributed by atoms with Gasteiger partial charge in [0.05, 0.1) is 17.9 Å². The normalized spacial score (nSPS) is 17.1. The van der Waals surface area contributed by atoms with E-state index in [1.54, 1.807) is 18.2 Å². The lowest BCUT2D eigenvalue weighted by Crippen LogP contribution is -2.26. The van der Waals surface area contributed by atoms with Crippen molar-refractivity contribution < 1.29 is 18.3 Å². The smallest absolute Gasteiger partial charge is 0.356 e. The first kappa shape index (κ1) is 12.8. The van der Waals surface area contributed by atoms with Crippen molar-refractivity contribution in [3.8, 4) is 5.69 Å². The lowest BCUT2D eigenvalue weighted by molar-refractivity contribution is 0.0689. The van der Waals surface area contributed by atoms with E-state index in [-0.39, 0.29) is 17.1 Å². The Morgan fingerprint density at radius 3 is 2.75 bits per heavy atom. The topological polar surface area (TPSA) is 92.5 Å². The number of fused-ring (bicyclic) bond motifs is 3. The number of hydrogen-bond acceptors (Lipinski definition) is 4. The third-order valence-corrected chi connectivity index (χ3v) is 5.11. The van der Waals surface area contributed by atoms with Crippen molar-refractivity contribution >= 4 is 16.0 Å². The molecule has 0 amide bonds. The molecule has 7 nitrogen and oxygen atoms in total. The summed E-state index contributed by atoms with van der Waals surface area (Å²) in [6.45, 7) is -0.0430. The molecule has 104 valence electrons. The summed E-state index contributed by atoms with van der Waals surface area (Å²) in [4.78, 5) is 15.2. The Morgan fingerprint density at radius 1 is 1.35 bits per heavy atom. The highest BCUT2D eigenvalue weighted by Crippen LogP contribution is 2.30. The molecule has 0 bridgehead atoms. The van der Waals surface area contributed by atoms with Crippen molar-refractivity contribution in [2.75, 3.05) is 7.05 Å². The molecule has 1 aliphatic heterocycles. The average Bonchev–Trinajstić information content (AvgIpc) is 2.79. The van der Waals surface area contributed by atoms with Crippen LogP contribution in [-0.4, -0.2) is 40.4 Å². The maximum Gasteiger partial charge on any atom is 0.356 e. The number of sulfonamides is 1. The van der Waals surface area contributed by atoms with Gasteiger partial charge in [-0.05, 0) is 12.1 Å². The van der Waals surface area contributed by atoms with E-state index in [2.05, 4.69) is 4.98 Å². The molecule has 0 fully saturated rings. The number of carbonyl (C=O) groups is 1. The highest BCUT2D eigenvalue weighted by molar-refractivity contribution is 7.89. The first-order valence-corrected chi connectivity index (χ1v) is 7.22. The van der Waals surface area contributed by atoms with Gasteiger partial charge >= 0.3 is 5.97 Å². The minimum Gasteiger partial charge on any atom is -0.476 e. The van der Waals surface area contributed by atoms with Crippen LogP contribution in [0.15, 0.2) is 35.5 Å². The first-order valence-electron chi connectivity index (χ1n) is 5.78. The summed E-state index contributed by atoms with van der Waals surface area (Å²) in [6, 6.07) is 6.45. The fourth-order valence-electron chi connectivity index (χ4n) is 2.25. The molecule has 0 radical (unpaired) electrons.